The largest absolute Gasteiger partial charge is 0.497 e. The van der Waals surface area contributed by atoms with Gasteiger partial charge in [0.1, 0.15) is 5.75 Å². The lowest BCUT2D eigenvalue weighted by atomic mass is 10.0. The summed E-state index contributed by atoms with van der Waals surface area (Å²) in [6.45, 7) is 6.68. The Hall–Kier alpha value is -1.29. The fraction of sp³-hybridized carbons (Fsp3) is 0.562. The van der Waals surface area contributed by atoms with Crippen molar-refractivity contribution < 1.29 is 4.74 Å². The molecule has 0 fully saturated rings. The van der Waals surface area contributed by atoms with Gasteiger partial charge in [0.15, 0.2) is 5.11 Å². The molecule has 0 aromatic heterocycles. The van der Waals surface area contributed by atoms with E-state index in [1.807, 2.05) is 24.3 Å². The van der Waals surface area contributed by atoms with Crippen molar-refractivity contribution in [3.63, 3.8) is 0 Å². The number of hydrogen-bond donors (Lipinski definition) is 2. The first-order chi connectivity index (χ1) is 9.51. The summed E-state index contributed by atoms with van der Waals surface area (Å²) in [6.07, 6.45) is 3.64. The van der Waals surface area contributed by atoms with Gasteiger partial charge in [0.05, 0.1) is 7.11 Å². The molecule has 0 amide bonds. The molecule has 3 nitrogen and oxygen atoms in total. The van der Waals surface area contributed by atoms with Crippen molar-refractivity contribution in [2.45, 2.75) is 46.1 Å². The van der Waals surface area contributed by atoms with E-state index in [0.29, 0.717) is 11.2 Å². The van der Waals surface area contributed by atoms with Crippen molar-refractivity contribution in [2.75, 3.05) is 12.4 Å². The number of benzene rings is 1. The first-order valence-electron chi connectivity index (χ1n) is 7.23. The topological polar surface area (TPSA) is 33.3 Å². The summed E-state index contributed by atoms with van der Waals surface area (Å²) in [5.74, 6) is 1.61. The van der Waals surface area contributed by atoms with Crippen LogP contribution in [-0.4, -0.2) is 18.3 Å². The Labute approximate surface area is 128 Å². The highest BCUT2D eigenvalue weighted by Gasteiger charge is 2.05. The van der Waals surface area contributed by atoms with Gasteiger partial charge in [-0.15, -0.1) is 0 Å². The van der Waals surface area contributed by atoms with E-state index in [1.165, 1.54) is 12.8 Å². The van der Waals surface area contributed by atoms with Gasteiger partial charge in [-0.2, -0.15) is 0 Å². The van der Waals surface area contributed by atoms with Crippen LogP contribution in [0.25, 0.3) is 0 Å². The first-order valence-corrected chi connectivity index (χ1v) is 7.63. The van der Waals surface area contributed by atoms with Gasteiger partial charge in [0.25, 0.3) is 0 Å². The third-order valence-electron chi connectivity index (χ3n) is 3.14. The predicted octanol–water partition coefficient (Wildman–Crippen LogP) is 4.20. The Balaban J connectivity index is 2.31. The summed E-state index contributed by atoms with van der Waals surface area (Å²) in [7, 11) is 1.66. The third-order valence-corrected chi connectivity index (χ3v) is 3.36. The number of anilines is 1. The molecule has 1 unspecified atom stereocenters. The molecule has 1 aromatic carbocycles. The van der Waals surface area contributed by atoms with Crippen LogP contribution in [0.4, 0.5) is 5.69 Å². The monoisotopic (exact) mass is 294 g/mol. The molecule has 112 valence electrons. The van der Waals surface area contributed by atoms with Crippen molar-refractivity contribution in [3.8, 4) is 5.75 Å². The van der Waals surface area contributed by atoms with Crippen LogP contribution in [0.5, 0.6) is 5.75 Å². The second-order valence-corrected chi connectivity index (χ2v) is 5.96. The van der Waals surface area contributed by atoms with E-state index in [2.05, 4.69) is 31.4 Å². The van der Waals surface area contributed by atoms with Crippen LogP contribution in [-0.2, 0) is 0 Å². The summed E-state index contributed by atoms with van der Waals surface area (Å²) in [5, 5.41) is 7.18. The molecule has 0 aliphatic carbocycles. The number of thiocarbonyl (C=S) groups is 1. The third kappa shape index (κ3) is 6.75. The lowest BCUT2D eigenvalue weighted by Gasteiger charge is -2.17. The second-order valence-electron chi connectivity index (χ2n) is 5.55. The van der Waals surface area contributed by atoms with Crippen molar-refractivity contribution in [1.82, 2.24) is 5.32 Å². The van der Waals surface area contributed by atoms with E-state index >= 15 is 0 Å². The second kappa shape index (κ2) is 8.80. The zero-order chi connectivity index (χ0) is 15.0. The van der Waals surface area contributed by atoms with E-state index in [-0.39, 0.29) is 0 Å². The van der Waals surface area contributed by atoms with Crippen LogP contribution in [0.3, 0.4) is 0 Å². The van der Waals surface area contributed by atoms with Gasteiger partial charge in [-0.1, -0.05) is 26.7 Å². The molecular weight excluding hydrogens is 268 g/mol. The molecule has 0 aliphatic rings. The summed E-state index contributed by atoms with van der Waals surface area (Å²) in [5.41, 5.74) is 0.970. The zero-order valence-electron chi connectivity index (χ0n) is 12.9. The van der Waals surface area contributed by atoms with E-state index in [0.717, 1.165) is 23.8 Å². The molecule has 2 N–H and O–H groups in total. The minimum atomic E-state index is 0.395. The van der Waals surface area contributed by atoms with E-state index in [4.69, 9.17) is 17.0 Å². The molecule has 0 heterocycles. The van der Waals surface area contributed by atoms with Gasteiger partial charge in [0.2, 0.25) is 0 Å². The average Bonchev–Trinajstić information content (AvgIpc) is 2.38. The highest BCUT2D eigenvalue weighted by molar-refractivity contribution is 7.80. The number of ether oxygens (including phenoxy) is 1. The van der Waals surface area contributed by atoms with Crippen LogP contribution < -0.4 is 15.4 Å². The highest BCUT2D eigenvalue weighted by Crippen LogP contribution is 2.15. The van der Waals surface area contributed by atoms with Crippen LogP contribution >= 0.6 is 12.2 Å². The summed E-state index contributed by atoms with van der Waals surface area (Å²) < 4.78 is 5.13. The smallest absolute Gasteiger partial charge is 0.170 e. The van der Waals surface area contributed by atoms with Gasteiger partial charge in [0, 0.05) is 11.7 Å². The first kappa shape index (κ1) is 16.8. The number of nitrogens with one attached hydrogen (secondary N) is 2. The Morgan fingerprint density at radius 3 is 2.35 bits per heavy atom. The van der Waals surface area contributed by atoms with Gasteiger partial charge < -0.3 is 15.4 Å². The molecular formula is C16H26N2OS. The fourth-order valence-electron chi connectivity index (χ4n) is 1.97. The number of rotatable bonds is 7. The van der Waals surface area contributed by atoms with E-state index in [9.17, 15) is 0 Å². The molecule has 1 aromatic rings. The summed E-state index contributed by atoms with van der Waals surface area (Å²) in [4.78, 5) is 0. The maximum absolute atomic E-state index is 5.32. The lowest BCUT2D eigenvalue weighted by Crippen LogP contribution is -2.35. The molecule has 20 heavy (non-hydrogen) atoms. The average molecular weight is 294 g/mol. The fourth-order valence-corrected chi connectivity index (χ4v) is 2.29. The van der Waals surface area contributed by atoms with Gasteiger partial charge >= 0.3 is 0 Å². The van der Waals surface area contributed by atoms with E-state index < -0.39 is 0 Å². The SMILES string of the molecule is COc1ccc(NC(=S)NC(C)CCCC(C)C)cc1. The zero-order valence-corrected chi connectivity index (χ0v) is 13.7. The van der Waals surface area contributed by atoms with Crippen LogP contribution in [0.15, 0.2) is 24.3 Å². The normalized spacial score (nSPS) is 12.1. The van der Waals surface area contributed by atoms with Crippen LogP contribution in [0, 0.1) is 5.92 Å². The molecule has 0 saturated carbocycles. The predicted molar refractivity (Wildman–Crippen MR) is 90.5 cm³/mol. The molecule has 0 saturated heterocycles. The van der Waals surface area contributed by atoms with Gasteiger partial charge in [-0.3, -0.25) is 0 Å². The highest BCUT2D eigenvalue weighted by atomic mass is 32.1. The number of hydrogen-bond acceptors (Lipinski definition) is 2. The molecule has 0 aliphatic heterocycles. The molecule has 0 bridgehead atoms. The Morgan fingerprint density at radius 1 is 1.15 bits per heavy atom. The van der Waals surface area contributed by atoms with Gasteiger partial charge in [-0.05, 0) is 55.7 Å². The van der Waals surface area contributed by atoms with E-state index in [1.54, 1.807) is 7.11 Å². The van der Waals surface area contributed by atoms with Crippen molar-refractivity contribution in [1.29, 1.82) is 0 Å². The molecule has 4 heteroatoms. The maximum Gasteiger partial charge on any atom is 0.170 e. The van der Waals surface area contributed by atoms with Crippen LogP contribution in [0.1, 0.15) is 40.0 Å². The molecule has 0 spiro atoms. The standard InChI is InChI=1S/C16H26N2OS/c1-12(2)6-5-7-13(3)17-16(20)18-14-8-10-15(19-4)11-9-14/h8-13H,5-7H2,1-4H3,(H2,17,18,20). The minimum Gasteiger partial charge on any atom is -0.497 e. The Kier molecular flexibility index (Phi) is 7.37. The van der Waals surface area contributed by atoms with Crippen molar-refractivity contribution in [2.24, 2.45) is 5.92 Å². The maximum atomic E-state index is 5.32. The summed E-state index contributed by atoms with van der Waals surface area (Å²) in [6, 6.07) is 8.13. The molecule has 1 atom stereocenters. The van der Waals surface area contributed by atoms with Crippen molar-refractivity contribution >= 4 is 23.0 Å². The van der Waals surface area contributed by atoms with Gasteiger partial charge in [-0.25, -0.2) is 0 Å². The molecule has 1 rings (SSSR count). The Bertz CT molecular complexity index is 403. The summed E-state index contributed by atoms with van der Waals surface area (Å²) >= 11 is 5.32. The minimum absolute atomic E-state index is 0.395. The molecule has 0 radical (unpaired) electrons. The lowest BCUT2D eigenvalue weighted by molar-refractivity contribution is 0.415. The van der Waals surface area contributed by atoms with Crippen molar-refractivity contribution in [3.05, 3.63) is 24.3 Å². The quantitative estimate of drug-likeness (QED) is 0.739. The Morgan fingerprint density at radius 2 is 1.80 bits per heavy atom. The van der Waals surface area contributed by atoms with Crippen LogP contribution in [0.2, 0.25) is 0 Å². The number of methoxy groups -OCH3 is 1.